The first-order valence-electron chi connectivity index (χ1n) is 10.3. The Morgan fingerprint density at radius 3 is 2.21 bits per heavy atom. The van der Waals surface area contributed by atoms with E-state index in [1.165, 1.54) is 22.4 Å². The van der Waals surface area contributed by atoms with Crippen LogP contribution in [0, 0.1) is 27.7 Å². The summed E-state index contributed by atoms with van der Waals surface area (Å²) >= 11 is 0. The SMILES string of the molecule is Cc1cc(Nc2ccccc2C)nc(N2CCN(c3cccc(C)c3C)CC2)n1. The molecule has 0 spiro atoms. The van der Waals surface area contributed by atoms with Gasteiger partial charge in [0.1, 0.15) is 5.82 Å². The van der Waals surface area contributed by atoms with Gasteiger partial charge in [-0.25, -0.2) is 4.98 Å². The lowest BCUT2D eigenvalue weighted by molar-refractivity contribution is 0.638. The number of benzene rings is 2. The minimum absolute atomic E-state index is 0.807. The van der Waals surface area contributed by atoms with Gasteiger partial charge in [-0.1, -0.05) is 30.3 Å². The molecule has 150 valence electrons. The molecule has 1 N–H and O–H groups in total. The molecule has 0 bridgehead atoms. The molecule has 4 rings (SSSR count). The Hall–Kier alpha value is -3.08. The van der Waals surface area contributed by atoms with E-state index >= 15 is 0 Å². The van der Waals surface area contributed by atoms with Crippen LogP contribution in [0.2, 0.25) is 0 Å². The number of aromatic nitrogens is 2. The number of anilines is 4. The molecule has 29 heavy (non-hydrogen) atoms. The topological polar surface area (TPSA) is 44.3 Å². The highest BCUT2D eigenvalue weighted by Gasteiger charge is 2.21. The molecular formula is C24H29N5. The van der Waals surface area contributed by atoms with Crippen LogP contribution < -0.4 is 15.1 Å². The van der Waals surface area contributed by atoms with Crippen LogP contribution in [0.25, 0.3) is 0 Å². The van der Waals surface area contributed by atoms with Gasteiger partial charge in [-0.15, -0.1) is 0 Å². The predicted molar refractivity (Wildman–Crippen MR) is 122 cm³/mol. The van der Waals surface area contributed by atoms with Crippen LogP contribution in [0.15, 0.2) is 48.5 Å². The summed E-state index contributed by atoms with van der Waals surface area (Å²) in [5, 5.41) is 3.45. The van der Waals surface area contributed by atoms with E-state index < -0.39 is 0 Å². The smallest absolute Gasteiger partial charge is 0.227 e. The van der Waals surface area contributed by atoms with Gasteiger partial charge in [-0.2, -0.15) is 4.98 Å². The molecule has 0 radical (unpaired) electrons. The average molecular weight is 388 g/mol. The molecule has 0 atom stereocenters. The second kappa shape index (κ2) is 8.11. The summed E-state index contributed by atoms with van der Waals surface area (Å²) < 4.78 is 0. The molecule has 1 aromatic heterocycles. The number of hydrogen-bond acceptors (Lipinski definition) is 5. The maximum absolute atomic E-state index is 4.81. The summed E-state index contributed by atoms with van der Waals surface area (Å²) in [6, 6.07) is 16.8. The summed E-state index contributed by atoms with van der Waals surface area (Å²) in [5.41, 5.74) is 7.32. The Kier molecular flexibility index (Phi) is 5.38. The lowest BCUT2D eigenvalue weighted by Crippen LogP contribution is -2.47. The molecule has 0 aliphatic carbocycles. The van der Waals surface area contributed by atoms with Crippen LogP contribution in [0.5, 0.6) is 0 Å². The molecule has 3 aromatic rings. The van der Waals surface area contributed by atoms with Crippen LogP contribution in [0.3, 0.4) is 0 Å². The van der Waals surface area contributed by atoms with Gasteiger partial charge in [0.15, 0.2) is 0 Å². The molecule has 0 saturated carbocycles. The number of rotatable bonds is 4. The number of para-hydroxylation sites is 1. The van der Waals surface area contributed by atoms with Gasteiger partial charge in [-0.3, -0.25) is 0 Å². The van der Waals surface area contributed by atoms with Gasteiger partial charge in [-0.05, 0) is 56.5 Å². The summed E-state index contributed by atoms with van der Waals surface area (Å²) in [6.45, 7) is 12.3. The van der Waals surface area contributed by atoms with Crippen molar-refractivity contribution in [3.05, 3.63) is 70.9 Å². The highest BCUT2D eigenvalue weighted by atomic mass is 15.3. The Morgan fingerprint density at radius 1 is 0.759 bits per heavy atom. The van der Waals surface area contributed by atoms with E-state index in [1.54, 1.807) is 0 Å². The van der Waals surface area contributed by atoms with Gasteiger partial charge in [0.2, 0.25) is 5.95 Å². The van der Waals surface area contributed by atoms with E-state index in [0.29, 0.717) is 0 Å². The monoisotopic (exact) mass is 387 g/mol. The van der Waals surface area contributed by atoms with E-state index in [4.69, 9.17) is 9.97 Å². The Morgan fingerprint density at radius 2 is 1.45 bits per heavy atom. The molecule has 0 amide bonds. The molecule has 1 fully saturated rings. The zero-order chi connectivity index (χ0) is 20.4. The zero-order valence-electron chi connectivity index (χ0n) is 17.7. The number of nitrogens with one attached hydrogen (secondary N) is 1. The van der Waals surface area contributed by atoms with E-state index in [0.717, 1.165) is 49.3 Å². The van der Waals surface area contributed by atoms with Crippen LogP contribution in [0.4, 0.5) is 23.1 Å². The van der Waals surface area contributed by atoms with E-state index in [1.807, 2.05) is 25.1 Å². The van der Waals surface area contributed by atoms with E-state index in [9.17, 15) is 0 Å². The fourth-order valence-corrected chi connectivity index (χ4v) is 3.84. The molecular weight excluding hydrogens is 358 g/mol. The second-order valence-electron chi connectivity index (χ2n) is 7.83. The molecule has 0 unspecified atom stereocenters. The van der Waals surface area contributed by atoms with Crippen molar-refractivity contribution in [2.24, 2.45) is 0 Å². The molecule has 2 heterocycles. The Labute approximate surface area is 173 Å². The predicted octanol–water partition coefficient (Wildman–Crippen LogP) is 4.78. The lowest BCUT2D eigenvalue weighted by atomic mass is 10.1. The number of hydrogen-bond donors (Lipinski definition) is 1. The number of nitrogens with zero attached hydrogens (tertiary/aromatic N) is 4. The van der Waals surface area contributed by atoms with Crippen molar-refractivity contribution < 1.29 is 0 Å². The Bertz CT molecular complexity index is 1010. The van der Waals surface area contributed by atoms with Crippen LogP contribution in [-0.2, 0) is 0 Å². The van der Waals surface area contributed by atoms with Gasteiger partial charge >= 0.3 is 0 Å². The summed E-state index contributed by atoms with van der Waals surface area (Å²) in [5.74, 6) is 1.65. The quantitative estimate of drug-likeness (QED) is 0.698. The Balaban J connectivity index is 1.49. The first-order valence-corrected chi connectivity index (χ1v) is 10.3. The van der Waals surface area contributed by atoms with Crippen molar-refractivity contribution in [1.82, 2.24) is 9.97 Å². The third-order valence-corrected chi connectivity index (χ3v) is 5.73. The fraction of sp³-hybridized carbons (Fsp3) is 0.333. The average Bonchev–Trinajstić information content (AvgIpc) is 2.72. The highest BCUT2D eigenvalue weighted by Crippen LogP contribution is 2.26. The van der Waals surface area contributed by atoms with Gasteiger partial charge < -0.3 is 15.1 Å². The number of piperazine rings is 1. The molecule has 5 nitrogen and oxygen atoms in total. The summed E-state index contributed by atoms with van der Waals surface area (Å²) in [7, 11) is 0. The van der Waals surface area contributed by atoms with Gasteiger partial charge in [0.25, 0.3) is 0 Å². The minimum atomic E-state index is 0.807. The van der Waals surface area contributed by atoms with Gasteiger partial charge in [0, 0.05) is 49.3 Å². The maximum Gasteiger partial charge on any atom is 0.227 e. The standard InChI is InChI=1S/C24H29N5/c1-17-9-7-11-22(20(17)4)28-12-14-29(15-13-28)24-25-19(3)16-23(27-24)26-21-10-6-5-8-18(21)2/h5-11,16H,12-15H2,1-4H3,(H,25,26,27). The third-order valence-electron chi connectivity index (χ3n) is 5.73. The van der Waals surface area contributed by atoms with Crippen molar-refractivity contribution in [1.29, 1.82) is 0 Å². The van der Waals surface area contributed by atoms with Crippen molar-refractivity contribution in [2.75, 3.05) is 41.3 Å². The van der Waals surface area contributed by atoms with Crippen molar-refractivity contribution in [2.45, 2.75) is 27.7 Å². The summed E-state index contributed by atoms with van der Waals surface area (Å²) in [6.07, 6.45) is 0. The normalized spacial score (nSPS) is 14.2. The number of aryl methyl sites for hydroxylation is 3. The molecule has 1 aliphatic rings. The largest absolute Gasteiger partial charge is 0.368 e. The van der Waals surface area contributed by atoms with E-state index in [2.05, 4.69) is 66.2 Å². The first-order chi connectivity index (χ1) is 14.0. The molecule has 1 saturated heterocycles. The fourth-order valence-electron chi connectivity index (χ4n) is 3.84. The third kappa shape index (κ3) is 4.19. The van der Waals surface area contributed by atoms with E-state index in [-0.39, 0.29) is 0 Å². The van der Waals surface area contributed by atoms with Crippen molar-refractivity contribution in [3.63, 3.8) is 0 Å². The van der Waals surface area contributed by atoms with Crippen LogP contribution in [-0.4, -0.2) is 36.1 Å². The second-order valence-corrected chi connectivity index (χ2v) is 7.83. The van der Waals surface area contributed by atoms with Gasteiger partial charge in [0.05, 0.1) is 0 Å². The summed E-state index contributed by atoms with van der Waals surface area (Å²) in [4.78, 5) is 14.3. The zero-order valence-corrected chi connectivity index (χ0v) is 17.7. The maximum atomic E-state index is 4.81. The van der Waals surface area contributed by atoms with Crippen molar-refractivity contribution in [3.8, 4) is 0 Å². The minimum Gasteiger partial charge on any atom is -0.368 e. The van der Waals surface area contributed by atoms with Crippen molar-refractivity contribution >= 4 is 23.1 Å². The van der Waals surface area contributed by atoms with Crippen LogP contribution in [0.1, 0.15) is 22.4 Å². The first kappa shape index (κ1) is 19.2. The molecule has 5 heteroatoms. The molecule has 1 aliphatic heterocycles. The highest BCUT2D eigenvalue weighted by molar-refractivity contribution is 5.62. The molecule has 2 aromatic carbocycles. The van der Waals surface area contributed by atoms with Crippen LogP contribution >= 0.6 is 0 Å². The lowest BCUT2D eigenvalue weighted by Gasteiger charge is -2.37.